The zero-order valence-electron chi connectivity index (χ0n) is 9.76. The molecule has 1 amide bonds. The standard InChI is InChI=1S/C12H12BrN3OS/c1-8-11(18-16-15-8)12(17)14-10(7-13)9-5-3-2-4-6-9/h2-6,10H,7H2,1H3,(H,14,17). The molecule has 1 aromatic carbocycles. The average molecular weight is 326 g/mol. The normalized spacial score (nSPS) is 12.1. The van der Waals surface area contributed by atoms with E-state index >= 15 is 0 Å². The molecule has 4 nitrogen and oxygen atoms in total. The molecule has 1 N–H and O–H groups in total. The molecule has 94 valence electrons. The van der Waals surface area contributed by atoms with E-state index in [1.54, 1.807) is 6.92 Å². The van der Waals surface area contributed by atoms with Crippen LogP contribution < -0.4 is 5.32 Å². The molecule has 0 radical (unpaired) electrons. The van der Waals surface area contributed by atoms with Crippen LogP contribution in [0.25, 0.3) is 0 Å². The molecule has 1 heterocycles. The summed E-state index contributed by atoms with van der Waals surface area (Å²) in [7, 11) is 0. The Bertz CT molecular complexity index is 529. The van der Waals surface area contributed by atoms with Crippen LogP contribution in [-0.2, 0) is 0 Å². The molecule has 0 saturated heterocycles. The summed E-state index contributed by atoms with van der Waals surface area (Å²) >= 11 is 4.54. The second-order valence-corrected chi connectivity index (χ2v) is 5.18. The lowest BCUT2D eigenvalue weighted by atomic mass is 10.1. The third-order valence-electron chi connectivity index (χ3n) is 2.52. The van der Waals surface area contributed by atoms with Crippen molar-refractivity contribution in [1.82, 2.24) is 14.9 Å². The predicted octanol–water partition coefficient (Wildman–Crippen LogP) is 2.71. The number of carbonyl (C=O) groups is 1. The third kappa shape index (κ3) is 2.94. The maximum absolute atomic E-state index is 12.1. The summed E-state index contributed by atoms with van der Waals surface area (Å²) in [5.41, 5.74) is 1.73. The van der Waals surface area contributed by atoms with Gasteiger partial charge in [0.15, 0.2) is 0 Å². The van der Waals surface area contributed by atoms with Gasteiger partial charge < -0.3 is 5.32 Å². The van der Waals surface area contributed by atoms with Crippen LogP contribution in [0.15, 0.2) is 30.3 Å². The van der Waals surface area contributed by atoms with E-state index in [-0.39, 0.29) is 11.9 Å². The van der Waals surface area contributed by atoms with Crippen molar-refractivity contribution in [3.05, 3.63) is 46.5 Å². The Kier molecular flexibility index (Phi) is 4.43. The number of rotatable bonds is 4. The minimum Gasteiger partial charge on any atom is -0.344 e. The quantitative estimate of drug-likeness (QED) is 0.879. The van der Waals surface area contributed by atoms with Gasteiger partial charge in [-0.1, -0.05) is 50.8 Å². The van der Waals surface area contributed by atoms with E-state index in [9.17, 15) is 4.79 Å². The van der Waals surface area contributed by atoms with E-state index in [0.717, 1.165) is 17.1 Å². The van der Waals surface area contributed by atoms with Gasteiger partial charge in [0.25, 0.3) is 5.91 Å². The van der Waals surface area contributed by atoms with Gasteiger partial charge in [-0.05, 0) is 24.0 Å². The van der Waals surface area contributed by atoms with Crippen molar-refractivity contribution in [1.29, 1.82) is 0 Å². The number of amides is 1. The molecule has 0 fully saturated rings. The number of aryl methyl sites for hydroxylation is 1. The number of benzene rings is 1. The number of hydrogen-bond donors (Lipinski definition) is 1. The fraction of sp³-hybridized carbons (Fsp3) is 0.250. The Morgan fingerprint density at radius 1 is 1.44 bits per heavy atom. The summed E-state index contributed by atoms with van der Waals surface area (Å²) < 4.78 is 3.77. The molecule has 6 heteroatoms. The second-order valence-electron chi connectivity index (χ2n) is 3.78. The van der Waals surface area contributed by atoms with E-state index in [1.165, 1.54) is 0 Å². The van der Waals surface area contributed by atoms with Gasteiger partial charge >= 0.3 is 0 Å². The summed E-state index contributed by atoms with van der Waals surface area (Å²) in [4.78, 5) is 12.6. The van der Waals surface area contributed by atoms with E-state index < -0.39 is 0 Å². The molecule has 1 atom stereocenters. The highest BCUT2D eigenvalue weighted by Gasteiger charge is 2.18. The molecule has 2 rings (SSSR count). The third-order valence-corrected chi connectivity index (χ3v) is 3.99. The lowest BCUT2D eigenvalue weighted by Crippen LogP contribution is -2.29. The Morgan fingerprint density at radius 2 is 2.17 bits per heavy atom. The van der Waals surface area contributed by atoms with Crippen molar-refractivity contribution in [2.75, 3.05) is 5.33 Å². The summed E-state index contributed by atoms with van der Waals surface area (Å²) in [5.74, 6) is -0.129. The number of nitrogens with zero attached hydrogens (tertiary/aromatic N) is 2. The average Bonchev–Trinajstić information content (AvgIpc) is 2.83. The van der Waals surface area contributed by atoms with Gasteiger partial charge in [0, 0.05) is 5.33 Å². The Balaban J connectivity index is 2.13. The zero-order valence-corrected chi connectivity index (χ0v) is 12.2. The van der Waals surface area contributed by atoms with Gasteiger partial charge in [0.1, 0.15) is 4.88 Å². The summed E-state index contributed by atoms with van der Waals surface area (Å²) in [6, 6.07) is 9.79. The lowest BCUT2D eigenvalue weighted by Gasteiger charge is -2.16. The smallest absolute Gasteiger partial charge is 0.265 e. The van der Waals surface area contributed by atoms with Crippen molar-refractivity contribution in [2.45, 2.75) is 13.0 Å². The van der Waals surface area contributed by atoms with Gasteiger partial charge in [-0.3, -0.25) is 4.79 Å². The minimum atomic E-state index is -0.129. The van der Waals surface area contributed by atoms with Gasteiger partial charge in [0.05, 0.1) is 11.7 Å². The van der Waals surface area contributed by atoms with Crippen LogP contribution in [0.3, 0.4) is 0 Å². The van der Waals surface area contributed by atoms with Crippen molar-refractivity contribution in [2.24, 2.45) is 0 Å². The van der Waals surface area contributed by atoms with Gasteiger partial charge in [0.2, 0.25) is 0 Å². The van der Waals surface area contributed by atoms with E-state index in [2.05, 4.69) is 30.8 Å². The van der Waals surface area contributed by atoms with Crippen LogP contribution in [0.1, 0.15) is 27.0 Å². The van der Waals surface area contributed by atoms with Crippen LogP contribution in [0.2, 0.25) is 0 Å². The van der Waals surface area contributed by atoms with Crippen LogP contribution in [0.5, 0.6) is 0 Å². The first-order chi connectivity index (χ1) is 8.72. The number of nitrogens with one attached hydrogen (secondary N) is 1. The Labute approximate surface area is 118 Å². The fourth-order valence-electron chi connectivity index (χ4n) is 1.56. The van der Waals surface area contributed by atoms with Crippen LogP contribution in [-0.4, -0.2) is 20.8 Å². The molecule has 0 aliphatic carbocycles. The molecule has 0 bridgehead atoms. The Hall–Kier alpha value is -1.27. The highest BCUT2D eigenvalue weighted by molar-refractivity contribution is 9.09. The van der Waals surface area contributed by atoms with E-state index in [1.807, 2.05) is 30.3 Å². The lowest BCUT2D eigenvalue weighted by molar-refractivity contribution is 0.0944. The predicted molar refractivity (Wildman–Crippen MR) is 75.1 cm³/mol. The van der Waals surface area contributed by atoms with Gasteiger partial charge in [-0.15, -0.1) is 5.10 Å². The zero-order chi connectivity index (χ0) is 13.0. The molecular weight excluding hydrogens is 314 g/mol. The molecule has 0 aliphatic heterocycles. The number of aromatic nitrogens is 2. The summed E-state index contributed by atoms with van der Waals surface area (Å²) in [6.45, 7) is 1.78. The van der Waals surface area contributed by atoms with Crippen LogP contribution in [0, 0.1) is 6.92 Å². The largest absolute Gasteiger partial charge is 0.344 e. The highest BCUT2D eigenvalue weighted by Crippen LogP contribution is 2.17. The van der Waals surface area contributed by atoms with Crippen molar-refractivity contribution in [3.8, 4) is 0 Å². The van der Waals surface area contributed by atoms with E-state index in [0.29, 0.717) is 15.9 Å². The van der Waals surface area contributed by atoms with Crippen LogP contribution >= 0.6 is 27.5 Å². The van der Waals surface area contributed by atoms with Crippen LogP contribution in [0.4, 0.5) is 0 Å². The molecular formula is C12H12BrN3OS. The molecule has 2 aromatic rings. The maximum Gasteiger partial charge on any atom is 0.265 e. The number of carbonyl (C=O) groups excluding carboxylic acids is 1. The topological polar surface area (TPSA) is 54.9 Å². The van der Waals surface area contributed by atoms with Gasteiger partial charge in [-0.2, -0.15) is 0 Å². The van der Waals surface area contributed by atoms with Crippen molar-refractivity contribution in [3.63, 3.8) is 0 Å². The molecule has 18 heavy (non-hydrogen) atoms. The monoisotopic (exact) mass is 325 g/mol. The fourth-order valence-corrected chi connectivity index (χ4v) is 2.66. The number of alkyl halides is 1. The molecule has 0 spiro atoms. The second kappa shape index (κ2) is 6.06. The molecule has 0 saturated carbocycles. The molecule has 0 aliphatic rings. The van der Waals surface area contributed by atoms with Gasteiger partial charge in [-0.25, -0.2) is 0 Å². The Morgan fingerprint density at radius 3 is 2.72 bits per heavy atom. The minimum absolute atomic E-state index is 0.0554. The molecule has 1 unspecified atom stereocenters. The SMILES string of the molecule is Cc1nnsc1C(=O)NC(CBr)c1ccccc1. The summed E-state index contributed by atoms with van der Waals surface area (Å²) in [5, 5.41) is 7.47. The van der Waals surface area contributed by atoms with E-state index in [4.69, 9.17) is 0 Å². The number of halogens is 1. The van der Waals surface area contributed by atoms with Crippen molar-refractivity contribution < 1.29 is 4.79 Å². The molecule has 1 aromatic heterocycles. The number of hydrogen-bond acceptors (Lipinski definition) is 4. The first-order valence-corrected chi connectivity index (χ1v) is 7.32. The maximum atomic E-state index is 12.1. The van der Waals surface area contributed by atoms with Crippen molar-refractivity contribution >= 4 is 33.4 Å². The first-order valence-electron chi connectivity index (χ1n) is 5.43. The summed E-state index contributed by atoms with van der Waals surface area (Å²) in [6.07, 6.45) is 0. The first kappa shape index (κ1) is 13.2. The highest BCUT2D eigenvalue weighted by atomic mass is 79.9.